The van der Waals surface area contributed by atoms with Crippen LogP contribution in [0, 0.1) is 0 Å². The third-order valence-electron chi connectivity index (χ3n) is 4.33. The molecule has 0 saturated carbocycles. The fourth-order valence-corrected chi connectivity index (χ4v) is 4.01. The Hall–Kier alpha value is -2.18. The second-order valence-corrected chi connectivity index (χ2v) is 8.45. The topological polar surface area (TPSA) is 62.8 Å². The molecule has 0 unspecified atom stereocenters. The molecule has 0 aliphatic rings. The van der Waals surface area contributed by atoms with Crippen LogP contribution in [0.2, 0.25) is 5.02 Å². The number of sulfonamides is 1. The minimum absolute atomic E-state index is 0.0338. The number of benzene rings is 3. The van der Waals surface area contributed by atoms with E-state index in [2.05, 4.69) is 22.2 Å². The Kier molecular flexibility index (Phi) is 6.63. The molecule has 0 saturated heterocycles. The molecule has 0 aliphatic carbocycles. The van der Waals surface area contributed by atoms with Crippen molar-refractivity contribution in [2.45, 2.75) is 17.5 Å². The number of rotatable bonds is 8. The first-order chi connectivity index (χ1) is 13.0. The molecule has 3 rings (SSSR count). The monoisotopic (exact) mass is 401 g/mol. The Balaban J connectivity index is 1.72. The van der Waals surface area contributed by atoms with Gasteiger partial charge in [0.05, 0.1) is 11.4 Å². The van der Waals surface area contributed by atoms with Gasteiger partial charge in [0.2, 0.25) is 10.0 Å². The third-order valence-corrected chi connectivity index (χ3v) is 6.02. The van der Waals surface area contributed by atoms with Gasteiger partial charge in [0, 0.05) is 16.1 Å². The Labute approximate surface area is 165 Å². The van der Waals surface area contributed by atoms with Crippen molar-refractivity contribution in [2.75, 3.05) is 6.54 Å². The van der Waals surface area contributed by atoms with Gasteiger partial charge in [-0.2, -0.15) is 0 Å². The first kappa shape index (κ1) is 19.6. The molecule has 0 aliphatic heterocycles. The molecule has 3 aromatic carbocycles. The number of hydrogen-bond donors (Lipinski definition) is 2. The van der Waals surface area contributed by atoms with E-state index < -0.39 is 10.0 Å². The van der Waals surface area contributed by atoms with E-state index in [-0.39, 0.29) is 10.9 Å². The summed E-state index contributed by atoms with van der Waals surface area (Å²) in [6, 6.07) is 26.2. The average molecular weight is 402 g/mol. The van der Waals surface area contributed by atoms with E-state index in [1.54, 1.807) is 12.1 Å². The van der Waals surface area contributed by atoms with Gasteiger partial charge in [-0.3, -0.25) is 0 Å². The molecule has 140 valence electrons. The lowest BCUT2D eigenvalue weighted by molar-refractivity contribution is -0.709. The van der Waals surface area contributed by atoms with E-state index >= 15 is 0 Å². The van der Waals surface area contributed by atoms with Gasteiger partial charge in [-0.15, -0.1) is 0 Å². The predicted octanol–water partition coefficient (Wildman–Crippen LogP) is 3.12. The van der Waals surface area contributed by atoms with E-state index in [0.29, 0.717) is 11.6 Å². The lowest BCUT2D eigenvalue weighted by Crippen LogP contribution is -2.85. The van der Waals surface area contributed by atoms with Crippen molar-refractivity contribution in [3.8, 4) is 0 Å². The fourth-order valence-electron chi connectivity index (χ4n) is 2.83. The zero-order chi connectivity index (χ0) is 19.1. The van der Waals surface area contributed by atoms with Gasteiger partial charge in [0.25, 0.3) is 0 Å². The van der Waals surface area contributed by atoms with E-state index in [0.717, 1.165) is 12.1 Å². The standard InChI is InChI=1S/C21H21ClN2O2S/c22-19-11-13-20(14-12-19)27(25,26)24-16-21(18-9-5-2-6-10-18)23-15-17-7-3-1-4-8-17/h1-14,21,23-24H,15-16H2/p+1/t21-/m0/s1. The van der Waals surface area contributed by atoms with Crippen molar-refractivity contribution in [1.29, 1.82) is 0 Å². The normalized spacial score (nSPS) is 12.6. The van der Waals surface area contributed by atoms with Crippen molar-refractivity contribution < 1.29 is 13.7 Å². The maximum absolute atomic E-state index is 12.6. The van der Waals surface area contributed by atoms with Crippen molar-refractivity contribution in [2.24, 2.45) is 0 Å². The van der Waals surface area contributed by atoms with Gasteiger partial charge in [-0.05, 0) is 24.3 Å². The van der Waals surface area contributed by atoms with Crippen molar-refractivity contribution in [3.05, 3.63) is 101 Å². The van der Waals surface area contributed by atoms with Gasteiger partial charge in [-0.25, -0.2) is 13.1 Å². The summed E-state index contributed by atoms with van der Waals surface area (Å²) < 4.78 is 27.9. The highest BCUT2D eigenvalue weighted by Gasteiger charge is 2.20. The second kappa shape index (κ2) is 9.15. The zero-order valence-electron chi connectivity index (χ0n) is 14.8. The van der Waals surface area contributed by atoms with Crippen LogP contribution in [0.4, 0.5) is 0 Å². The quantitative estimate of drug-likeness (QED) is 0.609. The van der Waals surface area contributed by atoms with Crippen LogP contribution in [0.3, 0.4) is 0 Å². The summed E-state index contributed by atoms with van der Waals surface area (Å²) in [6.45, 7) is 1.06. The SMILES string of the molecule is O=S(=O)(NC[C@H]([NH2+]Cc1ccccc1)c1ccccc1)c1ccc(Cl)cc1. The molecule has 0 bridgehead atoms. The molecule has 1 atom stereocenters. The first-order valence-corrected chi connectivity index (χ1v) is 10.6. The Morgan fingerprint density at radius 2 is 1.44 bits per heavy atom. The number of hydrogen-bond acceptors (Lipinski definition) is 2. The van der Waals surface area contributed by atoms with Crippen LogP contribution in [-0.2, 0) is 16.6 Å². The highest BCUT2D eigenvalue weighted by Crippen LogP contribution is 2.15. The van der Waals surface area contributed by atoms with Crippen LogP contribution in [0.15, 0.2) is 89.8 Å². The third kappa shape index (κ3) is 5.65. The molecular formula is C21H22ClN2O2S+. The summed E-state index contributed by atoms with van der Waals surface area (Å²) >= 11 is 5.85. The predicted molar refractivity (Wildman–Crippen MR) is 108 cm³/mol. The van der Waals surface area contributed by atoms with E-state index in [9.17, 15) is 8.42 Å². The Bertz CT molecular complexity index is 946. The molecule has 0 heterocycles. The second-order valence-electron chi connectivity index (χ2n) is 6.25. The molecule has 0 fully saturated rings. The highest BCUT2D eigenvalue weighted by molar-refractivity contribution is 7.89. The molecule has 3 aromatic rings. The highest BCUT2D eigenvalue weighted by atomic mass is 35.5. The summed E-state index contributed by atoms with van der Waals surface area (Å²) in [4.78, 5) is 0.210. The van der Waals surface area contributed by atoms with Gasteiger partial charge in [-0.1, -0.05) is 72.3 Å². The van der Waals surface area contributed by atoms with Crippen LogP contribution in [0.1, 0.15) is 17.2 Å². The molecule has 4 nitrogen and oxygen atoms in total. The zero-order valence-corrected chi connectivity index (χ0v) is 16.3. The van der Waals surface area contributed by atoms with E-state index in [1.165, 1.54) is 17.7 Å². The van der Waals surface area contributed by atoms with Crippen LogP contribution in [-0.4, -0.2) is 15.0 Å². The minimum Gasteiger partial charge on any atom is -0.335 e. The average Bonchev–Trinajstić information content (AvgIpc) is 2.70. The number of quaternary nitrogens is 1. The van der Waals surface area contributed by atoms with Crippen LogP contribution in [0.25, 0.3) is 0 Å². The first-order valence-electron chi connectivity index (χ1n) is 8.72. The maximum Gasteiger partial charge on any atom is 0.240 e. The molecular weight excluding hydrogens is 380 g/mol. The van der Waals surface area contributed by atoms with Gasteiger partial charge < -0.3 is 5.32 Å². The Morgan fingerprint density at radius 3 is 2.07 bits per heavy atom. The smallest absolute Gasteiger partial charge is 0.240 e. The lowest BCUT2D eigenvalue weighted by atomic mass is 10.1. The van der Waals surface area contributed by atoms with E-state index in [4.69, 9.17) is 11.6 Å². The maximum atomic E-state index is 12.6. The fraction of sp³-hybridized carbons (Fsp3) is 0.143. The molecule has 6 heteroatoms. The van der Waals surface area contributed by atoms with Crippen LogP contribution in [0.5, 0.6) is 0 Å². The number of nitrogens with two attached hydrogens (primary N) is 1. The van der Waals surface area contributed by atoms with E-state index in [1.807, 2.05) is 48.5 Å². The molecule has 0 amide bonds. The summed E-state index contributed by atoms with van der Waals surface area (Å²) in [5.41, 5.74) is 2.27. The molecule has 3 N–H and O–H groups in total. The molecule has 0 radical (unpaired) electrons. The Morgan fingerprint density at radius 1 is 0.852 bits per heavy atom. The largest absolute Gasteiger partial charge is 0.335 e. The van der Waals surface area contributed by atoms with Gasteiger partial charge in [0.1, 0.15) is 12.6 Å². The van der Waals surface area contributed by atoms with Crippen LogP contribution >= 0.6 is 11.6 Å². The van der Waals surface area contributed by atoms with Crippen molar-refractivity contribution >= 4 is 21.6 Å². The van der Waals surface area contributed by atoms with Crippen LogP contribution < -0.4 is 10.0 Å². The summed E-state index contributed by atoms with van der Waals surface area (Å²) in [7, 11) is -3.59. The summed E-state index contributed by atoms with van der Waals surface area (Å²) in [5.74, 6) is 0. The van der Waals surface area contributed by atoms with Gasteiger partial charge in [0.15, 0.2) is 0 Å². The number of halogens is 1. The van der Waals surface area contributed by atoms with Crippen molar-refractivity contribution in [1.82, 2.24) is 4.72 Å². The molecule has 27 heavy (non-hydrogen) atoms. The molecule has 0 aromatic heterocycles. The minimum atomic E-state index is -3.59. The molecule has 0 spiro atoms. The lowest BCUT2D eigenvalue weighted by Gasteiger charge is -2.17. The van der Waals surface area contributed by atoms with Crippen molar-refractivity contribution in [3.63, 3.8) is 0 Å². The van der Waals surface area contributed by atoms with Gasteiger partial charge >= 0.3 is 0 Å². The summed E-state index contributed by atoms with van der Waals surface area (Å²) in [5, 5.41) is 2.65. The number of nitrogens with one attached hydrogen (secondary N) is 1. The summed E-state index contributed by atoms with van der Waals surface area (Å²) in [6.07, 6.45) is 0.